The van der Waals surface area contributed by atoms with Gasteiger partial charge in [-0.15, -0.1) is 0 Å². The summed E-state index contributed by atoms with van der Waals surface area (Å²) in [5.41, 5.74) is 2.34. The Morgan fingerprint density at radius 3 is 2.42 bits per heavy atom. The van der Waals surface area contributed by atoms with Crippen LogP contribution >= 0.6 is 0 Å². The SMILES string of the molecule is Cc1ccc(OCC(=O)NC2CCN(C(=O)CCCOc3ccccc3)CC2)cc1C. The molecule has 166 valence electrons. The van der Waals surface area contributed by atoms with E-state index in [4.69, 9.17) is 9.47 Å². The number of nitrogens with zero attached hydrogens (tertiary/aromatic N) is 1. The van der Waals surface area contributed by atoms with Crippen molar-refractivity contribution in [3.05, 3.63) is 59.7 Å². The Morgan fingerprint density at radius 1 is 0.968 bits per heavy atom. The first-order chi connectivity index (χ1) is 15.0. The summed E-state index contributed by atoms with van der Waals surface area (Å²) < 4.78 is 11.2. The monoisotopic (exact) mass is 424 g/mol. The molecule has 0 radical (unpaired) electrons. The Hall–Kier alpha value is -3.02. The highest BCUT2D eigenvalue weighted by molar-refractivity contribution is 5.78. The molecule has 0 atom stereocenters. The van der Waals surface area contributed by atoms with Gasteiger partial charge >= 0.3 is 0 Å². The number of nitrogens with one attached hydrogen (secondary N) is 1. The van der Waals surface area contributed by atoms with E-state index >= 15 is 0 Å². The quantitative estimate of drug-likeness (QED) is 0.624. The molecule has 0 spiro atoms. The molecule has 2 aromatic carbocycles. The third-order valence-electron chi connectivity index (χ3n) is 5.61. The fraction of sp³-hybridized carbons (Fsp3) is 0.440. The van der Waals surface area contributed by atoms with Crippen LogP contribution in [0.1, 0.15) is 36.8 Å². The fourth-order valence-electron chi connectivity index (χ4n) is 3.58. The van der Waals surface area contributed by atoms with E-state index in [0.29, 0.717) is 38.3 Å². The lowest BCUT2D eigenvalue weighted by atomic mass is 10.0. The number of carbonyl (C=O) groups excluding carboxylic acids is 2. The summed E-state index contributed by atoms with van der Waals surface area (Å²) in [7, 11) is 0. The molecule has 1 fully saturated rings. The number of amides is 2. The molecular formula is C25H32N2O4. The van der Waals surface area contributed by atoms with Gasteiger partial charge in [0.15, 0.2) is 6.61 Å². The number of benzene rings is 2. The van der Waals surface area contributed by atoms with Gasteiger partial charge in [-0.05, 0) is 68.5 Å². The van der Waals surface area contributed by atoms with Crippen LogP contribution in [0.5, 0.6) is 11.5 Å². The molecule has 3 rings (SSSR count). The van der Waals surface area contributed by atoms with Crippen molar-refractivity contribution >= 4 is 11.8 Å². The molecule has 0 bridgehead atoms. The minimum atomic E-state index is -0.124. The van der Waals surface area contributed by atoms with Gasteiger partial charge in [0.2, 0.25) is 5.91 Å². The highest BCUT2D eigenvalue weighted by Crippen LogP contribution is 2.17. The van der Waals surface area contributed by atoms with Crippen LogP contribution in [0.15, 0.2) is 48.5 Å². The van der Waals surface area contributed by atoms with Gasteiger partial charge in [0.1, 0.15) is 11.5 Å². The molecule has 2 amide bonds. The highest BCUT2D eigenvalue weighted by atomic mass is 16.5. The normalized spacial score (nSPS) is 14.2. The molecule has 1 saturated heterocycles. The zero-order valence-electron chi connectivity index (χ0n) is 18.4. The van der Waals surface area contributed by atoms with Crippen molar-refractivity contribution in [2.75, 3.05) is 26.3 Å². The van der Waals surface area contributed by atoms with Crippen molar-refractivity contribution < 1.29 is 19.1 Å². The zero-order chi connectivity index (χ0) is 22.1. The molecule has 31 heavy (non-hydrogen) atoms. The number of hydrogen-bond acceptors (Lipinski definition) is 4. The number of likely N-dealkylation sites (tertiary alicyclic amines) is 1. The predicted octanol–water partition coefficient (Wildman–Crippen LogP) is 3.65. The van der Waals surface area contributed by atoms with E-state index in [1.54, 1.807) is 0 Å². The molecular weight excluding hydrogens is 392 g/mol. The van der Waals surface area contributed by atoms with Crippen LogP contribution < -0.4 is 14.8 Å². The summed E-state index contributed by atoms with van der Waals surface area (Å²) in [6.07, 6.45) is 2.71. The van der Waals surface area contributed by atoms with Crippen LogP contribution in [0, 0.1) is 13.8 Å². The number of hydrogen-bond donors (Lipinski definition) is 1. The smallest absolute Gasteiger partial charge is 0.258 e. The number of para-hydroxylation sites is 1. The van der Waals surface area contributed by atoms with Crippen molar-refractivity contribution in [1.29, 1.82) is 0 Å². The molecule has 6 nitrogen and oxygen atoms in total. The molecule has 1 aliphatic rings. The van der Waals surface area contributed by atoms with Gasteiger partial charge in [-0.1, -0.05) is 24.3 Å². The molecule has 0 saturated carbocycles. The number of rotatable bonds is 9. The zero-order valence-corrected chi connectivity index (χ0v) is 18.4. The number of carbonyl (C=O) groups is 2. The van der Waals surface area contributed by atoms with Gasteiger partial charge < -0.3 is 19.7 Å². The Bertz CT molecular complexity index is 861. The van der Waals surface area contributed by atoms with Crippen LogP contribution in [0.2, 0.25) is 0 Å². The van der Waals surface area contributed by atoms with Crippen molar-refractivity contribution in [3.8, 4) is 11.5 Å². The molecule has 2 aromatic rings. The first-order valence-electron chi connectivity index (χ1n) is 11.0. The van der Waals surface area contributed by atoms with Gasteiger partial charge in [-0.25, -0.2) is 0 Å². The van der Waals surface area contributed by atoms with Crippen molar-refractivity contribution in [3.63, 3.8) is 0 Å². The van der Waals surface area contributed by atoms with Crippen LogP contribution in [0.25, 0.3) is 0 Å². The van der Waals surface area contributed by atoms with E-state index in [1.807, 2.05) is 67.3 Å². The summed E-state index contributed by atoms with van der Waals surface area (Å²) in [4.78, 5) is 26.5. The van der Waals surface area contributed by atoms with E-state index in [1.165, 1.54) is 5.56 Å². The Morgan fingerprint density at radius 2 is 1.71 bits per heavy atom. The van der Waals surface area contributed by atoms with Crippen molar-refractivity contribution in [1.82, 2.24) is 10.2 Å². The Balaban J connectivity index is 1.30. The van der Waals surface area contributed by atoms with Crippen LogP contribution in [0.3, 0.4) is 0 Å². The standard InChI is InChI=1S/C25H32N2O4/c1-19-10-11-23(17-20(19)2)31-18-24(28)26-21-12-14-27(15-13-21)25(29)9-6-16-30-22-7-4-3-5-8-22/h3-5,7-8,10-11,17,21H,6,9,12-16,18H2,1-2H3,(H,26,28). The van der Waals surface area contributed by atoms with E-state index in [-0.39, 0.29) is 24.5 Å². The summed E-state index contributed by atoms with van der Waals surface area (Å²) >= 11 is 0. The summed E-state index contributed by atoms with van der Waals surface area (Å²) in [6, 6.07) is 15.5. The van der Waals surface area contributed by atoms with E-state index < -0.39 is 0 Å². The lowest BCUT2D eigenvalue weighted by molar-refractivity contribution is -0.132. The maximum Gasteiger partial charge on any atom is 0.258 e. The first-order valence-corrected chi connectivity index (χ1v) is 11.0. The summed E-state index contributed by atoms with van der Waals surface area (Å²) in [6.45, 7) is 5.93. The topological polar surface area (TPSA) is 67.9 Å². The summed E-state index contributed by atoms with van der Waals surface area (Å²) in [5, 5.41) is 3.02. The van der Waals surface area contributed by atoms with Crippen molar-refractivity contribution in [2.24, 2.45) is 0 Å². The van der Waals surface area contributed by atoms with Crippen LogP contribution in [-0.2, 0) is 9.59 Å². The van der Waals surface area contributed by atoms with Gasteiger partial charge in [-0.3, -0.25) is 9.59 Å². The number of piperidine rings is 1. The molecule has 1 aliphatic heterocycles. The minimum absolute atomic E-state index is 0.00304. The van der Waals surface area contributed by atoms with Gasteiger partial charge in [0.05, 0.1) is 6.61 Å². The number of aryl methyl sites for hydroxylation is 2. The van der Waals surface area contributed by atoms with Crippen LogP contribution in [0.4, 0.5) is 0 Å². The van der Waals surface area contributed by atoms with E-state index in [2.05, 4.69) is 5.32 Å². The second kappa shape index (κ2) is 11.4. The second-order valence-electron chi connectivity index (χ2n) is 8.02. The lowest BCUT2D eigenvalue weighted by Gasteiger charge is -2.32. The Labute approximate surface area is 184 Å². The molecule has 0 aromatic heterocycles. The average molecular weight is 425 g/mol. The van der Waals surface area contributed by atoms with E-state index in [0.717, 1.165) is 24.2 Å². The maximum absolute atomic E-state index is 12.4. The summed E-state index contributed by atoms with van der Waals surface area (Å²) in [5.74, 6) is 1.56. The highest BCUT2D eigenvalue weighted by Gasteiger charge is 2.23. The maximum atomic E-state index is 12.4. The third kappa shape index (κ3) is 7.31. The van der Waals surface area contributed by atoms with Crippen LogP contribution in [-0.4, -0.2) is 49.1 Å². The molecule has 0 unspecified atom stereocenters. The Kier molecular flexibility index (Phi) is 8.33. The van der Waals surface area contributed by atoms with Gasteiger partial charge in [0.25, 0.3) is 5.91 Å². The molecule has 1 heterocycles. The third-order valence-corrected chi connectivity index (χ3v) is 5.61. The fourth-order valence-corrected chi connectivity index (χ4v) is 3.58. The predicted molar refractivity (Wildman–Crippen MR) is 120 cm³/mol. The molecule has 0 aliphatic carbocycles. The average Bonchev–Trinajstić information content (AvgIpc) is 2.78. The molecule has 1 N–H and O–H groups in total. The van der Waals surface area contributed by atoms with Gasteiger partial charge in [0, 0.05) is 25.6 Å². The first kappa shape index (κ1) is 22.7. The molecule has 6 heteroatoms. The van der Waals surface area contributed by atoms with Crippen molar-refractivity contribution in [2.45, 2.75) is 45.6 Å². The minimum Gasteiger partial charge on any atom is -0.494 e. The van der Waals surface area contributed by atoms with E-state index in [9.17, 15) is 9.59 Å². The number of ether oxygens (including phenoxy) is 2. The second-order valence-corrected chi connectivity index (χ2v) is 8.02. The van der Waals surface area contributed by atoms with Gasteiger partial charge in [-0.2, -0.15) is 0 Å². The lowest BCUT2D eigenvalue weighted by Crippen LogP contribution is -2.47. The largest absolute Gasteiger partial charge is 0.494 e.